The van der Waals surface area contributed by atoms with Crippen molar-refractivity contribution in [3.8, 4) is 0 Å². The van der Waals surface area contributed by atoms with Crippen LogP contribution in [0.25, 0.3) is 0 Å². The lowest BCUT2D eigenvalue weighted by Gasteiger charge is -2.38. The molecule has 10 nitrogen and oxygen atoms in total. The van der Waals surface area contributed by atoms with E-state index in [4.69, 9.17) is 4.74 Å². The Morgan fingerprint density at radius 2 is 1.68 bits per heavy atom. The van der Waals surface area contributed by atoms with Crippen LogP contribution in [-0.2, 0) is 23.9 Å². The SMILES string of the molecule is C=CCNC(=O)C(=O)C(CCCCC)NC(=O)[C@@H]1[C@@H]2[C@H](CN1C(=O)[C@@H](NC(=O)OC(C)(C)C)C(C)(C)C)C2(C)C. The van der Waals surface area contributed by atoms with E-state index in [9.17, 15) is 24.0 Å². The fraction of sp³-hybridized carbons (Fsp3) is 0.767. The first kappa shape index (κ1) is 33.3. The average Bonchev–Trinajstić information content (AvgIpc) is 3.16. The van der Waals surface area contributed by atoms with E-state index < -0.39 is 52.8 Å². The summed E-state index contributed by atoms with van der Waals surface area (Å²) in [6.07, 6.45) is 3.52. The number of ketones is 1. The van der Waals surface area contributed by atoms with Gasteiger partial charge in [-0.3, -0.25) is 19.2 Å². The molecule has 1 heterocycles. The molecule has 0 aromatic rings. The average molecular weight is 563 g/mol. The molecular weight excluding hydrogens is 512 g/mol. The van der Waals surface area contributed by atoms with Crippen molar-refractivity contribution in [2.45, 2.75) is 112 Å². The molecule has 2 rings (SSSR count). The van der Waals surface area contributed by atoms with Crippen LogP contribution in [0.5, 0.6) is 0 Å². The number of piperidine rings is 1. The molecule has 0 radical (unpaired) electrons. The highest BCUT2D eigenvalue weighted by molar-refractivity contribution is 6.38. The largest absolute Gasteiger partial charge is 0.444 e. The standard InChI is InChI=1S/C30H50N4O6/c1-11-13-14-15-19(22(35)25(37)31-16-12-2)32-24(36)21-20-18(30(20,9)10)17-34(21)26(38)23(28(3,4)5)33-27(39)40-29(6,7)8/h12,18-21,23H,2,11,13-17H2,1,3-10H3,(H,31,37)(H,32,36)(H,33,39)/t18-,19?,20-,21-,23+/m0/s1. The van der Waals surface area contributed by atoms with Crippen LogP contribution in [0.2, 0.25) is 0 Å². The molecule has 2 aliphatic rings. The Morgan fingerprint density at radius 3 is 2.20 bits per heavy atom. The molecule has 2 fully saturated rings. The first-order valence-corrected chi connectivity index (χ1v) is 14.4. The predicted octanol–water partition coefficient (Wildman–Crippen LogP) is 3.35. The Kier molecular flexibility index (Phi) is 10.6. The van der Waals surface area contributed by atoms with Gasteiger partial charge in [0.15, 0.2) is 0 Å². The van der Waals surface area contributed by atoms with Crippen LogP contribution in [0.3, 0.4) is 0 Å². The van der Waals surface area contributed by atoms with Crippen molar-refractivity contribution in [3.63, 3.8) is 0 Å². The number of nitrogens with one attached hydrogen (secondary N) is 3. The third-order valence-corrected chi connectivity index (χ3v) is 7.89. The second-order valence-electron chi connectivity index (χ2n) is 13.8. The Labute approximate surface area is 239 Å². The van der Waals surface area contributed by atoms with Crippen molar-refractivity contribution < 1.29 is 28.7 Å². The van der Waals surface area contributed by atoms with E-state index in [0.717, 1.165) is 12.8 Å². The summed E-state index contributed by atoms with van der Waals surface area (Å²) < 4.78 is 5.41. The van der Waals surface area contributed by atoms with E-state index in [-0.39, 0.29) is 29.7 Å². The maximum absolute atomic E-state index is 14.0. The molecule has 3 N–H and O–H groups in total. The van der Waals surface area contributed by atoms with Gasteiger partial charge in [-0.2, -0.15) is 0 Å². The minimum atomic E-state index is -1.000. The Morgan fingerprint density at radius 1 is 1.05 bits per heavy atom. The van der Waals surface area contributed by atoms with E-state index in [1.165, 1.54) is 11.0 Å². The fourth-order valence-corrected chi connectivity index (χ4v) is 5.59. The lowest BCUT2D eigenvalue weighted by Crippen LogP contribution is -2.60. The quantitative estimate of drug-likeness (QED) is 0.190. The summed E-state index contributed by atoms with van der Waals surface area (Å²) in [5.74, 6) is -2.31. The van der Waals surface area contributed by atoms with Crippen LogP contribution >= 0.6 is 0 Å². The molecule has 0 aromatic heterocycles. The minimum absolute atomic E-state index is 0.0976. The van der Waals surface area contributed by atoms with Crippen molar-refractivity contribution in [2.24, 2.45) is 22.7 Å². The van der Waals surface area contributed by atoms with Crippen LogP contribution in [0.15, 0.2) is 12.7 Å². The third-order valence-electron chi connectivity index (χ3n) is 7.89. The smallest absolute Gasteiger partial charge is 0.408 e. The number of amides is 4. The zero-order chi connectivity index (χ0) is 30.6. The van der Waals surface area contributed by atoms with Crippen molar-refractivity contribution in [2.75, 3.05) is 13.1 Å². The molecule has 1 aliphatic heterocycles. The molecular formula is C30H50N4O6. The monoisotopic (exact) mass is 562 g/mol. The number of Topliss-reactive ketones (excluding diaryl/α,β-unsaturated/α-hetero) is 1. The second-order valence-corrected chi connectivity index (χ2v) is 13.8. The molecule has 0 aromatic carbocycles. The highest BCUT2D eigenvalue weighted by Crippen LogP contribution is 2.65. The van der Waals surface area contributed by atoms with E-state index in [2.05, 4.69) is 36.4 Å². The molecule has 5 atom stereocenters. The van der Waals surface area contributed by atoms with E-state index in [1.54, 1.807) is 20.8 Å². The summed E-state index contributed by atoms with van der Waals surface area (Å²) in [6.45, 7) is 21.0. The highest BCUT2D eigenvalue weighted by Gasteiger charge is 2.70. The number of carbonyl (C=O) groups excluding carboxylic acids is 5. The highest BCUT2D eigenvalue weighted by atomic mass is 16.6. The van der Waals surface area contributed by atoms with Crippen LogP contribution < -0.4 is 16.0 Å². The van der Waals surface area contributed by atoms with Crippen molar-refractivity contribution in [3.05, 3.63) is 12.7 Å². The molecule has 10 heteroatoms. The lowest BCUT2D eigenvalue weighted by molar-refractivity contribution is -0.145. The van der Waals surface area contributed by atoms with Gasteiger partial charge in [0.2, 0.25) is 17.6 Å². The number of hydrogen-bond donors (Lipinski definition) is 3. The summed E-state index contributed by atoms with van der Waals surface area (Å²) >= 11 is 0. The number of nitrogens with zero attached hydrogens (tertiary/aromatic N) is 1. The summed E-state index contributed by atoms with van der Waals surface area (Å²) in [4.78, 5) is 67.4. The zero-order valence-electron chi connectivity index (χ0n) is 25.8. The van der Waals surface area contributed by atoms with Gasteiger partial charge in [0.25, 0.3) is 5.91 Å². The van der Waals surface area contributed by atoms with Crippen molar-refractivity contribution >= 4 is 29.6 Å². The Hall–Kier alpha value is -2.91. The number of fused-ring (bicyclic) bond motifs is 1. The summed E-state index contributed by atoms with van der Waals surface area (Å²) in [5.41, 5.74) is -1.56. The Bertz CT molecular complexity index is 993. The maximum atomic E-state index is 14.0. The van der Waals surface area contributed by atoms with E-state index >= 15 is 0 Å². The number of ether oxygens (including phenoxy) is 1. The van der Waals surface area contributed by atoms with Crippen LogP contribution in [0.1, 0.15) is 88.0 Å². The summed E-state index contributed by atoms with van der Waals surface area (Å²) in [6, 6.07) is -2.76. The van der Waals surface area contributed by atoms with Gasteiger partial charge in [-0.15, -0.1) is 6.58 Å². The van der Waals surface area contributed by atoms with E-state index in [1.807, 2.05) is 27.7 Å². The normalized spacial score (nSPS) is 22.8. The number of likely N-dealkylation sites (tertiary alicyclic amines) is 1. The molecule has 4 amide bonds. The van der Waals surface area contributed by atoms with Gasteiger partial charge >= 0.3 is 6.09 Å². The maximum Gasteiger partial charge on any atom is 0.408 e. The van der Waals surface area contributed by atoms with Gasteiger partial charge in [0.1, 0.15) is 17.7 Å². The Balaban J connectivity index is 2.32. The van der Waals surface area contributed by atoms with Gasteiger partial charge in [-0.1, -0.05) is 66.9 Å². The number of alkyl carbamates (subject to hydrolysis) is 1. The number of unbranched alkanes of at least 4 members (excludes halogenated alkanes) is 2. The number of hydrogen-bond acceptors (Lipinski definition) is 6. The van der Waals surface area contributed by atoms with Gasteiger partial charge < -0.3 is 25.6 Å². The van der Waals surface area contributed by atoms with Gasteiger partial charge in [0, 0.05) is 13.1 Å². The summed E-state index contributed by atoms with van der Waals surface area (Å²) in [7, 11) is 0. The minimum Gasteiger partial charge on any atom is -0.444 e. The number of rotatable bonds is 12. The predicted molar refractivity (Wildman–Crippen MR) is 153 cm³/mol. The molecule has 226 valence electrons. The molecule has 1 unspecified atom stereocenters. The van der Waals surface area contributed by atoms with Gasteiger partial charge in [-0.05, 0) is 49.9 Å². The first-order valence-electron chi connectivity index (χ1n) is 14.4. The van der Waals surface area contributed by atoms with Crippen LogP contribution in [0.4, 0.5) is 4.79 Å². The van der Waals surface area contributed by atoms with Crippen molar-refractivity contribution in [1.82, 2.24) is 20.9 Å². The lowest BCUT2D eigenvalue weighted by atomic mass is 9.85. The van der Waals surface area contributed by atoms with Crippen LogP contribution in [-0.4, -0.2) is 71.3 Å². The molecule has 1 saturated carbocycles. The van der Waals surface area contributed by atoms with Crippen molar-refractivity contribution in [1.29, 1.82) is 0 Å². The third kappa shape index (κ3) is 8.07. The number of carbonyl (C=O) groups is 5. The molecule has 0 spiro atoms. The fourth-order valence-electron chi connectivity index (χ4n) is 5.59. The molecule has 0 bridgehead atoms. The summed E-state index contributed by atoms with van der Waals surface area (Å²) in [5, 5.41) is 8.05. The molecule has 1 aliphatic carbocycles. The van der Waals surface area contributed by atoms with Crippen LogP contribution in [0, 0.1) is 22.7 Å². The molecule has 40 heavy (non-hydrogen) atoms. The van der Waals surface area contributed by atoms with E-state index in [0.29, 0.717) is 19.4 Å². The van der Waals surface area contributed by atoms with Gasteiger partial charge in [-0.25, -0.2) is 4.79 Å². The zero-order valence-corrected chi connectivity index (χ0v) is 25.8. The van der Waals surface area contributed by atoms with Gasteiger partial charge in [0.05, 0.1) is 6.04 Å². The second kappa shape index (κ2) is 12.7. The topological polar surface area (TPSA) is 134 Å². The molecule has 1 saturated heterocycles. The first-order chi connectivity index (χ1) is 18.4.